The van der Waals surface area contributed by atoms with E-state index in [1.54, 1.807) is 0 Å². The summed E-state index contributed by atoms with van der Waals surface area (Å²) in [6.45, 7) is 15.0. The van der Waals surface area contributed by atoms with Crippen molar-refractivity contribution in [1.82, 2.24) is 0 Å². The van der Waals surface area contributed by atoms with Gasteiger partial charge in [0.15, 0.2) is 6.29 Å². The monoisotopic (exact) mass is 557 g/mol. The van der Waals surface area contributed by atoms with Crippen molar-refractivity contribution in [1.29, 1.82) is 0 Å². The van der Waals surface area contributed by atoms with Gasteiger partial charge in [-0.3, -0.25) is 0 Å². The molecule has 12 unspecified atom stereocenters. The Morgan fingerprint density at radius 3 is 2.35 bits per heavy atom. The lowest BCUT2D eigenvalue weighted by molar-refractivity contribution is -0.213. The van der Waals surface area contributed by atoms with Gasteiger partial charge < -0.3 is 20.3 Å². The zero-order chi connectivity index (χ0) is 28.7. The third-order valence-corrected chi connectivity index (χ3v) is 13.6. The van der Waals surface area contributed by atoms with Crippen LogP contribution in [0.2, 0.25) is 0 Å². The van der Waals surface area contributed by atoms with Crippen molar-refractivity contribution in [2.75, 3.05) is 6.79 Å². The van der Waals surface area contributed by atoms with Crippen LogP contribution in [-0.4, -0.2) is 29.8 Å². The fourth-order valence-electron chi connectivity index (χ4n) is 11.2. The van der Waals surface area contributed by atoms with Gasteiger partial charge in [-0.15, -0.1) is 0 Å². The van der Waals surface area contributed by atoms with Gasteiger partial charge in [-0.05, 0) is 123 Å². The summed E-state index contributed by atoms with van der Waals surface area (Å²) in [5, 5.41) is 10.5. The molecule has 0 aromatic carbocycles. The molecule has 40 heavy (non-hydrogen) atoms. The molecule has 0 saturated heterocycles. The molecular formula is C36H63NO3. The van der Waals surface area contributed by atoms with Crippen LogP contribution < -0.4 is 5.73 Å². The van der Waals surface area contributed by atoms with E-state index >= 15 is 0 Å². The predicted molar refractivity (Wildman–Crippen MR) is 164 cm³/mol. The van der Waals surface area contributed by atoms with Crippen LogP contribution in [0.25, 0.3) is 0 Å². The number of ether oxygens (including phenoxy) is 2. The average molecular weight is 558 g/mol. The Morgan fingerprint density at radius 2 is 1.62 bits per heavy atom. The Morgan fingerprint density at radius 1 is 0.875 bits per heavy atom. The second kappa shape index (κ2) is 12.3. The minimum Gasteiger partial charge on any atom is -0.367 e. The van der Waals surface area contributed by atoms with E-state index in [2.05, 4.69) is 53.7 Å². The SMILES string of the molecule is CC(C)CCCC(C)C1CCC2C1(C)CCC1C3(C)CCC(OCOC(O)C4C=CC(C)CC4)CC3CCC12N. The maximum absolute atomic E-state index is 10.5. The van der Waals surface area contributed by atoms with Gasteiger partial charge in [0.05, 0.1) is 6.10 Å². The number of rotatable bonds is 10. The van der Waals surface area contributed by atoms with E-state index in [0.717, 1.165) is 43.4 Å². The largest absolute Gasteiger partial charge is 0.367 e. The Bertz CT molecular complexity index is 874. The molecule has 5 rings (SSSR count). The topological polar surface area (TPSA) is 64.7 Å². The van der Waals surface area contributed by atoms with Crippen molar-refractivity contribution >= 4 is 0 Å². The summed E-state index contributed by atoms with van der Waals surface area (Å²) in [5.74, 6) is 5.23. The molecular weight excluding hydrogens is 494 g/mol. The molecule has 4 fully saturated rings. The standard InChI is InChI=1S/C36H63NO3/c1-24(2)8-7-9-26(4)30-14-15-31-35(30,6)20-18-32-34(5)19-17-29(22-28(34)16-21-36(31,32)37)39-23-40-33(38)27-12-10-25(3)11-13-27/h10,12,24-33,38H,7-9,11,13-23,37H2,1-6H3. The van der Waals surface area contributed by atoms with E-state index in [-0.39, 0.29) is 24.4 Å². The fourth-order valence-corrected chi connectivity index (χ4v) is 11.2. The minimum atomic E-state index is -0.755. The molecule has 3 N–H and O–H groups in total. The third-order valence-electron chi connectivity index (χ3n) is 13.6. The number of hydrogen-bond donors (Lipinski definition) is 2. The van der Waals surface area contributed by atoms with Crippen LogP contribution in [0.15, 0.2) is 12.2 Å². The highest BCUT2D eigenvalue weighted by Gasteiger charge is 2.65. The smallest absolute Gasteiger partial charge is 0.163 e. The zero-order valence-electron chi connectivity index (χ0n) is 26.9. The third kappa shape index (κ3) is 5.87. The zero-order valence-corrected chi connectivity index (χ0v) is 26.9. The lowest BCUT2D eigenvalue weighted by atomic mass is 9.41. The molecule has 0 heterocycles. The van der Waals surface area contributed by atoms with Crippen LogP contribution in [0, 0.1) is 58.2 Å². The van der Waals surface area contributed by atoms with Crippen molar-refractivity contribution in [3.05, 3.63) is 12.2 Å². The van der Waals surface area contributed by atoms with E-state index in [0.29, 0.717) is 34.5 Å². The van der Waals surface area contributed by atoms with Gasteiger partial charge in [0.2, 0.25) is 0 Å². The maximum atomic E-state index is 10.5. The molecule has 5 aliphatic rings. The number of allylic oxidation sites excluding steroid dienone is 1. The van der Waals surface area contributed by atoms with E-state index in [1.165, 1.54) is 64.2 Å². The van der Waals surface area contributed by atoms with Crippen molar-refractivity contribution in [2.24, 2.45) is 63.9 Å². The Kier molecular flexibility index (Phi) is 9.53. The van der Waals surface area contributed by atoms with Gasteiger partial charge in [0, 0.05) is 11.5 Å². The van der Waals surface area contributed by atoms with Crippen molar-refractivity contribution in [2.45, 2.75) is 149 Å². The van der Waals surface area contributed by atoms with E-state index in [4.69, 9.17) is 15.2 Å². The highest BCUT2D eigenvalue weighted by Crippen LogP contribution is 2.69. The summed E-state index contributed by atoms with van der Waals surface area (Å²) >= 11 is 0. The Balaban J connectivity index is 1.16. The predicted octanol–water partition coefficient (Wildman–Crippen LogP) is 8.47. The number of hydrogen-bond acceptors (Lipinski definition) is 4. The first-order valence-corrected chi connectivity index (χ1v) is 17.4. The summed E-state index contributed by atoms with van der Waals surface area (Å²) in [5.41, 5.74) is 8.44. The van der Waals surface area contributed by atoms with Crippen molar-refractivity contribution in [3.8, 4) is 0 Å². The van der Waals surface area contributed by atoms with Gasteiger partial charge in [0.1, 0.15) is 6.79 Å². The van der Waals surface area contributed by atoms with Gasteiger partial charge in [-0.1, -0.05) is 73.0 Å². The molecule has 5 aliphatic carbocycles. The summed E-state index contributed by atoms with van der Waals surface area (Å²) in [4.78, 5) is 0. The van der Waals surface area contributed by atoms with E-state index in [9.17, 15) is 5.11 Å². The number of nitrogens with two attached hydrogens (primary N) is 1. The fraction of sp³-hybridized carbons (Fsp3) is 0.944. The van der Waals surface area contributed by atoms with Gasteiger partial charge in [-0.25, -0.2) is 0 Å². The summed E-state index contributed by atoms with van der Waals surface area (Å²) in [6.07, 6.45) is 21.4. The second-order valence-corrected chi connectivity index (χ2v) is 16.3. The van der Waals surface area contributed by atoms with Crippen molar-refractivity contribution < 1.29 is 14.6 Å². The van der Waals surface area contributed by atoms with Crippen molar-refractivity contribution in [3.63, 3.8) is 0 Å². The molecule has 4 nitrogen and oxygen atoms in total. The van der Waals surface area contributed by atoms with Gasteiger partial charge in [0.25, 0.3) is 0 Å². The molecule has 0 amide bonds. The number of aliphatic hydroxyl groups excluding tert-OH is 1. The lowest BCUT2D eigenvalue weighted by Crippen LogP contribution is -2.68. The van der Waals surface area contributed by atoms with Crippen LogP contribution in [0.1, 0.15) is 131 Å². The molecule has 12 atom stereocenters. The van der Waals surface area contributed by atoms with Gasteiger partial charge >= 0.3 is 0 Å². The highest BCUT2D eigenvalue weighted by atomic mass is 16.7. The molecule has 0 aromatic heterocycles. The quantitative estimate of drug-likeness (QED) is 0.209. The van der Waals surface area contributed by atoms with Crippen LogP contribution in [0.4, 0.5) is 0 Å². The Hall–Kier alpha value is -0.420. The summed E-state index contributed by atoms with van der Waals surface area (Å²) in [7, 11) is 0. The summed E-state index contributed by atoms with van der Waals surface area (Å²) < 4.78 is 12.0. The lowest BCUT2D eigenvalue weighted by Gasteiger charge is -2.65. The normalized spacial score (nSPS) is 46.5. The molecule has 0 aliphatic heterocycles. The van der Waals surface area contributed by atoms with Crippen LogP contribution >= 0.6 is 0 Å². The highest BCUT2D eigenvalue weighted by molar-refractivity contribution is 5.18. The molecule has 0 bridgehead atoms. The first kappa shape index (κ1) is 31.0. The van der Waals surface area contributed by atoms with Gasteiger partial charge in [-0.2, -0.15) is 0 Å². The molecule has 0 radical (unpaired) electrons. The second-order valence-electron chi connectivity index (χ2n) is 16.3. The molecule has 4 heteroatoms. The number of fused-ring (bicyclic) bond motifs is 5. The van der Waals surface area contributed by atoms with Crippen LogP contribution in [0.5, 0.6) is 0 Å². The number of aliphatic hydroxyl groups is 1. The first-order chi connectivity index (χ1) is 19.0. The molecule has 230 valence electrons. The average Bonchev–Trinajstić information content (AvgIpc) is 3.27. The summed E-state index contributed by atoms with van der Waals surface area (Å²) in [6, 6.07) is 0. The maximum Gasteiger partial charge on any atom is 0.163 e. The van der Waals surface area contributed by atoms with Crippen LogP contribution in [0.3, 0.4) is 0 Å². The first-order valence-electron chi connectivity index (χ1n) is 17.4. The molecule has 0 spiro atoms. The Labute approximate surface area is 246 Å². The molecule has 4 saturated carbocycles. The molecule has 0 aromatic rings. The van der Waals surface area contributed by atoms with E-state index < -0.39 is 6.29 Å². The van der Waals surface area contributed by atoms with E-state index in [1.807, 2.05) is 0 Å². The minimum absolute atomic E-state index is 0.0105. The van der Waals surface area contributed by atoms with Crippen LogP contribution in [-0.2, 0) is 9.47 Å².